The molecule has 0 aromatic carbocycles. The van der Waals surface area contributed by atoms with Gasteiger partial charge >= 0.3 is 0 Å². The van der Waals surface area contributed by atoms with Gasteiger partial charge in [0.15, 0.2) is 0 Å². The molecular weight excluding hydrogens is 244 g/mol. The van der Waals surface area contributed by atoms with Crippen molar-refractivity contribution in [3.8, 4) is 0 Å². The van der Waals surface area contributed by atoms with Gasteiger partial charge in [-0.25, -0.2) is 0 Å². The lowest BCUT2D eigenvalue weighted by atomic mass is 10.2. The van der Waals surface area contributed by atoms with Gasteiger partial charge in [0.1, 0.15) is 0 Å². The molecule has 1 saturated heterocycles. The van der Waals surface area contributed by atoms with Crippen LogP contribution in [0.1, 0.15) is 37.1 Å². The van der Waals surface area contributed by atoms with Crippen LogP contribution in [0.25, 0.3) is 0 Å². The number of aromatic nitrogens is 1. The first-order valence-corrected chi connectivity index (χ1v) is 7.91. The summed E-state index contributed by atoms with van der Waals surface area (Å²) in [4.78, 5) is 6.88. The van der Waals surface area contributed by atoms with Gasteiger partial charge < -0.3 is 10.0 Å². The Labute approximate surface area is 114 Å². The highest BCUT2D eigenvalue weighted by Gasteiger charge is 2.15. The number of nitrogens with zero attached hydrogens (tertiary/aromatic N) is 2. The highest BCUT2D eigenvalue weighted by Crippen LogP contribution is 2.26. The zero-order chi connectivity index (χ0) is 13.0. The Bertz CT molecular complexity index is 369. The lowest BCUT2D eigenvalue weighted by Crippen LogP contribution is -2.24. The molecule has 100 valence electrons. The number of aliphatic hydroxyl groups excluding tert-OH is 1. The monoisotopic (exact) mass is 266 g/mol. The van der Waals surface area contributed by atoms with Crippen LogP contribution in [-0.2, 0) is 0 Å². The summed E-state index contributed by atoms with van der Waals surface area (Å²) in [5.41, 5.74) is 2.32. The standard InChI is InChI=1S/C14H22N2OS/c1-11(18-2)14-6-5-12(10-15-14)16-8-3-4-13(17)7-9-16/h5-6,10-11,13,17H,3-4,7-9H2,1-2H3/t11?,13-/m1/s1. The molecule has 0 spiro atoms. The summed E-state index contributed by atoms with van der Waals surface area (Å²) in [5.74, 6) is 0. The van der Waals surface area contributed by atoms with Gasteiger partial charge in [0.2, 0.25) is 0 Å². The van der Waals surface area contributed by atoms with Gasteiger partial charge in [-0.2, -0.15) is 11.8 Å². The van der Waals surface area contributed by atoms with E-state index in [2.05, 4.69) is 35.2 Å². The number of anilines is 1. The maximum absolute atomic E-state index is 9.66. The minimum Gasteiger partial charge on any atom is -0.393 e. The zero-order valence-electron chi connectivity index (χ0n) is 11.2. The number of aliphatic hydroxyl groups is 1. The smallest absolute Gasteiger partial charge is 0.0557 e. The van der Waals surface area contributed by atoms with Crippen LogP contribution in [0.3, 0.4) is 0 Å². The molecule has 2 atom stereocenters. The molecule has 0 amide bonds. The van der Waals surface area contributed by atoms with E-state index in [4.69, 9.17) is 0 Å². The zero-order valence-corrected chi connectivity index (χ0v) is 12.0. The molecule has 1 fully saturated rings. The van der Waals surface area contributed by atoms with Crippen LogP contribution in [0.2, 0.25) is 0 Å². The molecule has 18 heavy (non-hydrogen) atoms. The van der Waals surface area contributed by atoms with Crippen molar-refractivity contribution in [3.63, 3.8) is 0 Å². The minimum atomic E-state index is -0.126. The van der Waals surface area contributed by atoms with E-state index in [-0.39, 0.29) is 6.10 Å². The maximum Gasteiger partial charge on any atom is 0.0557 e. The number of thioether (sulfide) groups is 1. The average Bonchev–Trinajstić information content (AvgIpc) is 2.63. The normalized spacial score (nSPS) is 22.6. The van der Waals surface area contributed by atoms with Crippen molar-refractivity contribution < 1.29 is 5.11 Å². The fraction of sp³-hybridized carbons (Fsp3) is 0.643. The van der Waals surface area contributed by atoms with Crippen molar-refractivity contribution in [1.82, 2.24) is 4.98 Å². The molecule has 2 heterocycles. The van der Waals surface area contributed by atoms with Gasteiger partial charge in [0, 0.05) is 18.3 Å². The Kier molecular flexibility index (Phi) is 4.89. The second-order valence-electron chi connectivity index (χ2n) is 4.89. The molecule has 0 bridgehead atoms. The van der Waals surface area contributed by atoms with E-state index in [1.807, 2.05) is 18.0 Å². The molecule has 1 aliphatic rings. The predicted molar refractivity (Wildman–Crippen MR) is 78.2 cm³/mol. The van der Waals surface area contributed by atoms with Crippen LogP contribution in [0.15, 0.2) is 18.3 Å². The Morgan fingerprint density at radius 2 is 2.22 bits per heavy atom. The summed E-state index contributed by atoms with van der Waals surface area (Å²) < 4.78 is 0. The summed E-state index contributed by atoms with van der Waals surface area (Å²) in [6.07, 6.45) is 6.80. The second kappa shape index (κ2) is 6.43. The molecule has 0 radical (unpaired) electrons. The molecule has 2 rings (SSSR count). The number of rotatable bonds is 3. The molecule has 3 nitrogen and oxygen atoms in total. The number of hydrogen-bond acceptors (Lipinski definition) is 4. The Hall–Kier alpha value is -0.740. The average molecular weight is 266 g/mol. The quantitative estimate of drug-likeness (QED) is 0.912. The Morgan fingerprint density at radius 1 is 1.39 bits per heavy atom. The predicted octanol–water partition coefficient (Wildman–Crippen LogP) is 2.86. The molecule has 1 aromatic heterocycles. The van der Waals surface area contributed by atoms with Gasteiger partial charge in [0.05, 0.1) is 23.7 Å². The summed E-state index contributed by atoms with van der Waals surface area (Å²) in [6, 6.07) is 4.28. The third kappa shape index (κ3) is 3.39. The lowest BCUT2D eigenvalue weighted by Gasteiger charge is -2.22. The van der Waals surface area contributed by atoms with Crippen LogP contribution in [-0.4, -0.2) is 35.5 Å². The highest BCUT2D eigenvalue weighted by atomic mass is 32.2. The van der Waals surface area contributed by atoms with Gasteiger partial charge in [-0.1, -0.05) is 0 Å². The topological polar surface area (TPSA) is 36.4 Å². The van der Waals surface area contributed by atoms with Gasteiger partial charge in [-0.3, -0.25) is 4.98 Å². The summed E-state index contributed by atoms with van der Waals surface area (Å²) in [5, 5.41) is 10.1. The van der Waals surface area contributed by atoms with Crippen LogP contribution >= 0.6 is 11.8 Å². The van der Waals surface area contributed by atoms with E-state index < -0.39 is 0 Å². The van der Waals surface area contributed by atoms with Crippen molar-refractivity contribution >= 4 is 17.4 Å². The molecule has 0 saturated carbocycles. The van der Waals surface area contributed by atoms with Crippen LogP contribution in [0.5, 0.6) is 0 Å². The number of hydrogen-bond donors (Lipinski definition) is 1. The van der Waals surface area contributed by atoms with E-state index in [0.717, 1.165) is 38.0 Å². The van der Waals surface area contributed by atoms with Crippen molar-refractivity contribution in [1.29, 1.82) is 0 Å². The third-order valence-electron chi connectivity index (χ3n) is 3.60. The van der Waals surface area contributed by atoms with E-state index in [1.165, 1.54) is 5.69 Å². The van der Waals surface area contributed by atoms with E-state index in [0.29, 0.717) is 5.25 Å². The molecule has 1 unspecified atom stereocenters. The van der Waals surface area contributed by atoms with Crippen molar-refractivity contribution in [3.05, 3.63) is 24.0 Å². The molecule has 4 heteroatoms. The minimum absolute atomic E-state index is 0.126. The largest absolute Gasteiger partial charge is 0.393 e. The summed E-state index contributed by atoms with van der Waals surface area (Å²) >= 11 is 1.81. The van der Waals surface area contributed by atoms with Crippen LogP contribution < -0.4 is 4.90 Å². The molecular formula is C14H22N2OS. The molecule has 1 N–H and O–H groups in total. The SMILES string of the molecule is CSC(C)c1ccc(N2CCC[C@@H](O)CC2)cn1. The Balaban J connectivity index is 2.04. The number of pyridine rings is 1. The van der Waals surface area contributed by atoms with Gasteiger partial charge in [-0.15, -0.1) is 0 Å². The molecule has 1 aliphatic heterocycles. The van der Waals surface area contributed by atoms with Gasteiger partial charge in [0.25, 0.3) is 0 Å². The molecule has 1 aromatic rings. The summed E-state index contributed by atoms with van der Waals surface area (Å²) in [7, 11) is 0. The first-order chi connectivity index (χ1) is 8.70. The van der Waals surface area contributed by atoms with E-state index in [9.17, 15) is 5.11 Å². The first-order valence-electron chi connectivity index (χ1n) is 6.62. The lowest BCUT2D eigenvalue weighted by molar-refractivity contribution is 0.161. The van der Waals surface area contributed by atoms with Crippen LogP contribution in [0, 0.1) is 0 Å². The fourth-order valence-corrected chi connectivity index (χ4v) is 2.66. The van der Waals surface area contributed by atoms with Crippen LogP contribution in [0.4, 0.5) is 5.69 Å². The van der Waals surface area contributed by atoms with Crippen molar-refractivity contribution in [2.45, 2.75) is 37.5 Å². The Morgan fingerprint density at radius 3 is 2.89 bits per heavy atom. The maximum atomic E-state index is 9.66. The van der Waals surface area contributed by atoms with E-state index >= 15 is 0 Å². The van der Waals surface area contributed by atoms with Gasteiger partial charge in [-0.05, 0) is 44.6 Å². The summed E-state index contributed by atoms with van der Waals surface area (Å²) in [6.45, 7) is 4.13. The molecule has 0 aliphatic carbocycles. The highest BCUT2D eigenvalue weighted by molar-refractivity contribution is 7.98. The third-order valence-corrected chi connectivity index (χ3v) is 4.55. The second-order valence-corrected chi connectivity index (χ2v) is 6.07. The van der Waals surface area contributed by atoms with Crippen molar-refractivity contribution in [2.75, 3.05) is 24.2 Å². The van der Waals surface area contributed by atoms with Crippen molar-refractivity contribution in [2.24, 2.45) is 0 Å². The first kappa shape index (κ1) is 13.7. The fourth-order valence-electron chi connectivity index (χ4n) is 2.28. The van der Waals surface area contributed by atoms with E-state index in [1.54, 1.807) is 0 Å².